The van der Waals surface area contributed by atoms with Crippen LogP contribution >= 0.6 is 0 Å². The second-order valence-electron chi connectivity index (χ2n) is 6.70. The van der Waals surface area contributed by atoms with Crippen molar-refractivity contribution in [1.82, 2.24) is 9.97 Å². The molecular formula is C21H25N5O9. The van der Waals surface area contributed by atoms with E-state index < -0.39 is 46.6 Å². The van der Waals surface area contributed by atoms with Gasteiger partial charge in [0, 0.05) is 12.5 Å². The van der Waals surface area contributed by atoms with Gasteiger partial charge in [0.2, 0.25) is 17.5 Å². The summed E-state index contributed by atoms with van der Waals surface area (Å²) in [5.41, 5.74) is -0.870. The lowest BCUT2D eigenvalue weighted by molar-refractivity contribution is -0.384. The molecule has 1 aromatic rings. The molecule has 1 aliphatic rings. The molecule has 2 rings (SSSR count). The smallest absolute Gasteiger partial charge is 0.364 e. The number of aromatic nitrogens is 2. The van der Waals surface area contributed by atoms with Crippen LogP contribution in [0.5, 0.6) is 0 Å². The Labute approximate surface area is 199 Å². The summed E-state index contributed by atoms with van der Waals surface area (Å²) >= 11 is 0. The van der Waals surface area contributed by atoms with Gasteiger partial charge in [-0.25, -0.2) is 9.59 Å². The van der Waals surface area contributed by atoms with Crippen molar-refractivity contribution in [2.75, 3.05) is 37.0 Å². The molecule has 0 aromatic carbocycles. The molecular weight excluding hydrogens is 466 g/mol. The van der Waals surface area contributed by atoms with Crippen molar-refractivity contribution in [2.45, 2.75) is 27.2 Å². The van der Waals surface area contributed by atoms with Gasteiger partial charge in [0.25, 0.3) is 0 Å². The molecule has 35 heavy (non-hydrogen) atoms. The molecule has 0 unspecified atom stereocenters. The fourth-order valence-electron chi connectivity index (χ4n) is 2.82. The van der Waals surface area contributed by atoms with E-state index in [0.717, 1.165) is 0 Å². The number of ether oxygens (including phenoxy) is 3. The predicted molar refractivity (Wildman–Crippen MR) is 122 cm³/mol. The summed E-state index contributed by atoms with van der Waals surface area (Å²) in [6, 6.07) is 0. The summed E-state index contributed by atoms with van der Waals surface area (Å²) in [5, 5.41) is 27.2. The van der Waals surface area contributed by atoms with Crippen LogP contribution in [-0.4, -0.2) is 64.3 Å². The van der Waals surface area contributed by atoms with Crippen LogP contribution in [0.1, 0.15) is 37.7 Å². The Morgan fingerprint density at radius 3 is 2.40 bits per heavy atom. The number of aliphatic hydroxyl groups excluding tert-OH is 1. The Kier molecular flexibility index (Phi) is 9.69. The summed E-state index contributed by atoms with van der Waals surface area (Å²) in [5.74, 6) is -3.28. The lowest BCUT2D eigenvalue weighted by Crippen LogP contribution is -2.21. The molecule has 0 aliphatic heterocycles. The van der Waals surface area contributed by atoms with Crippen LogP contribution in [0.25, 0.3) is 0 Å². The number of hydrogen-bond donors (Lipinski definition) is 3. The lowest BCUT2D eigenvalue weighted by atomic mass is 10.0. The highest BCUT2D eigenvalue weighted by Gasteiger charge is 2.31. The van der Waals surface area contributed by atoms with E-state index in [1.165, 1.54) is 25.2 Å². The highest BCUT2D eigenvalue weighted by atomic mass is 16.6. The first-order valence-electron chi connectivity index (χ1n) is 10.6. The van der Waals surface area contributed by atoms with E-state index in [-0.39, 0.29) is 43.6 Å². The average molecular weight is 491 g/mol. The van der Waals surface area contributed by atoms with E-state index in [0.29, 0.717) is 5.57 Å². The first-order chi connectivity index (χ1) is 16.7. The van der Waals surface area contributed by atoms with Gasteiger partial charge in [-0.3, -0.25) is 14.9 Å². The van der Waals surface area contributed by atoms with Crippen LogP contribution in [-0.2, 0) is 23.8 Å². The van der Waals surface area contributed by atoms with Crippen LogP contribution in [0, 0.1) is 10.1 Å². The highest BCUT2D eigenvalue weighted by Crippen LogP contribution is 2.29. The summed E-state index contributed by atoms with van der Waals surface area (Å²) in [4.78, 5) is 54.4. The SMILES string of the molecule is CCOC(=O)C=C1C=CC(Nc2nc(NCC(=O)OCC)c([N+](=O)[O-])c(C(=O)OCC)n2)=C(O)C1. The van der Waals surface area contributed by atoms with E-state index in [4.69, 9.17) is 14.2 Å². The zero-order chi connectivity index (χ0) is 26.0. The molecule has 0 amide bonds. The first-order valence-corrected chi connectivity index (χ1v) is 10.6. The van der Waals surface area contributed by atoms with Crippen LogP contribution in [0.2, 0.25) is 0 Å². The monoisotopic (exact) mass is 491 g/mol. The maximum atomic E-state index is 12.4. The summed E-state index contributed by atoms with van der Waals surface area (Å²) < 4.78 is 14.5. The van der Waals surface area contributed by atoms with Gasteiger partial charge < -0.3 is 30.0 Å². The van der Waals surface area contributed by atoms with Gasteiger partial charge in [0.05, 0.1) is 30.4 Å². The first kappa shape index (κ1) is 26.8. The standard InChI is InChI=1S/C21H25N5O9/c1-4-33-15(28)10-12-7-8-13(14(27)9-12)23-21-24-17(20(30)35-6-3)18(26(31)32)19(25-21)22-11-16(29)34-5-2/h7-8,10,27H,4-6,9,11H2,1-3H3,(H2,22,23,24,25). The van der Waals surface area contributed by atoms with E-state index >= 15 is 0 Å². The van der Waals surface area contributed by atoms with Crippen LogP contribution in [0.15, 0.2) is 35.3 Å². The third-order valence-corrected chi connectivity index (χ3v) is 4.22. The van der Waals surface area contributed by atoms with Gasteiger partial charge in [-0.2, -0.15) is 9.97 Å². The number of aliphatic hydroxyl groups is 1. The van der Waals surface area contributed by atoms with E-state index in [9.17, 15) is 29.6 Å². The molecule has 14 heteroatoms. The molecule has 14 nitrogen and oxygen atoms in total. The van der Waals surface area contributed by atoms with Crippen LogP contribution in [0.3, 0.4) is 0 Å². The molecule has 0 spiro atoms. The second kappa shape index (κ2) is 12.7. The van der Waals surface area contributed by atoms with Crippen molar-refractivity contribution >= 4 is 35.4 Å². The number of nitrogens with zero attached hydrogens (tertiary/aromatic N) is 3. The molecule has 1 heterocycles. The normalized spacial score (nSPS) is 13.9. The van der Waals surface area contributed by atoms with Crippen LogP contribution in [0.4, 0.5) is 17.5 Å². The van der Waals surface area contributed by atoms with Gasteiger partial charge in [0.1, 0.15) is 12.3 Å². The van der Waals surface area contributed by atoms with Crippen molar-refractivity contribution in [3.63, 3.8) is 0 Å². The van der Waals surface area contributed by atoms with Gasteiger partial charge >= 0.3 is 23.6 Å². The number of nitrogens with one attached hydrogen (secondary N) is 2. The summed E-state index contributed by atoms with van der Waals surface area (Å²) in [6.45, 7) is 4.53. The fraction of sp³-hybridized carbons (Fsp3) is 0.381. The number of allylic oxidation sites excluding steroid dienone is 3. The summed E-state index contributed by atoms with van der Waals surface area (Å²) in [6.07, 6.45) is 4.16. The molecule has 0 saturated heterocycles. The van der Waals surface area contributed by atoms with Crippen molar-refractivity contribution in [3.05, 3.63) is 51.1 Å². The number of hydrogen-bond acceptors (Lipinski definition) is 13. The van der Waals surface area contributed by atoms with Gasteiger partial charge in [-0.05, 0) is 32.4 Å². The van der Waals surface area contributed by atoms with E-state index in [1.54, 1.807) is 13.8 Å². The number of nitro groups is 1. The molecule has 1 aromatic heterocycles. The van der Waals surface area contributed by atoms with Crippen molar-refractivity contribution < 1.29 is 38.6 Å². The Bertz CT molecular complexity index is 1090. The minimum absolute atomic E-state index is 0.0245. The molecule has 1 aliphatic carbocycles. The number of rotatable bonds is 11. The average Bonchev–Trinajstić information content (AvgIpc) is 2.79. The predicted octanol–water partition coefficient (Wildman–Crippen LogP) is 2.17. The molecule has 0 saturated carbocycles. The molecule has 188 valence electrons. The Hall–Kier alpha value is -4.49. The van der Waals surface area contributed by atoms with E-state index in [2.05, 4.69) is 20.6 Å². The topological polar surface area (TPSA) is 192 Å². The maximum Gasteiger partial charge on any atom is 0.364 e. The number of carbonyl (C=O) groups is 3. The van der Waals surface area contributed by atoms with Gasteiger partial charge in [-0.1, -0.05) is 6.08 Å². The summed E-state index contributed by atoms with van der Waals surface area (Å²) in [7, 11) is 0. The molecule has 3 N–H and O–H groups in total. The molecule has 0 atom stereocenters. The lowest BCUT2D eigenvalue weighted by Gasteiger charge is -2.16. The van der Waals surface area contributed by atoms with Crippen molar-refractivity contribution in [3.8, 4) is 0 Å². The minimum Gasteiger partial charge on any atom is -0.510 e. The maximum absolute atomic E-state index is 12.4. The highest BCUT2D eigenvalue weighted by molar-refractivity contribution is 5.95. The third-order valence-electron chi connectivity index (χ3n) is 4.22. The molecule has 0 fully saturated rings. The van der Waals surface area contributed by atoms with Crippen molar-refractivity contribution in [1.29, 1.82) is 0 Å². The largest absolute Gasteiger partial charge is 0.510 e. The Morgan fingerprint density at radius 1 is 1.11 bits per heavy atom. The van der Waals surface area contributed by atoms with Gasteiger partial charge in [-0.15, -0.1) is 0 Å². The minimum atomic E-state index is -1.08. The quantitative estimate of drug-likeness (QED) is 0.134. The van der Waals surface area contributed by atoms with Gasteiger partial charge in [0.15, 0.2) is 0 Å². The fourth-order valence-corrected chi connectivity index (χ4v) is 2.82. The van der Waals surface area contributed by atoms with Crippen LogP contribution < -0.4 is 10.6 Å². The number of esters is 3. The molecule has 0 radical (unpaired) electrons. The number of carbonyl (C=O) groups excluding carboxylic acids is 3. The Balaban J connectivity index is 2.41. The third kappa shape index (κ3) is 7.52. The number of anilines is 2. The Morgan fingerprint density at radius 2 is 1.80 bits per heavy atom. The second-order valence-corrected chi connectivity index (χ2v) is 6.70. The van der Waals surface area contributed by atoms with Crippen molar-refractivity contribution in [2.24, 2.45) is 0 Å². The zero-order valence-corrected chi connectivity index (χ0v) is 19.3. The molecule has 0 bridgehead atoms. The zero-order valence-electron chi connectivity index (χ0n) is 19.3. The van der Waals surface area contributed by atoms with E-state index in [1.807, 2.05) is 0 Å².